The van der Waals surface area contributed by atoms with Crippen LogP contribution in [0.4, 0.5) is 0 Å². The summed E-state index contributed by atoms with van der Waals surface area (Å²) in [6.45, 7) is 18.1. The third-order valence-corrected chi connectivity index (χ3v) is 11.7. The van der Waals surface area contributed by atoms with Gasteiger partial charge in [0.05, 0.1) is 11.0 Å². The number of sulfone groups is 1. The van der Waals surface area contributed by atoms with Crippen LogP contribution in [0.5, 0.6) is 0 Å². The molecule has 266 valence electrons. The molecular weight excluding hydrogens is 661 g/mol. The Balaban J connectivity index is 0.000000257. The normalized spacial score (nSPS) is 12.4. The fourth-order valence-corrected chi connectivity index (χ4v) is 7.89. The topological polar surface area (TPSA) is 87.6 Å². The molecule has 0 bridgehead atoms. The smallest absolute Gasteiger partial charge is 0.361 e. The Morgan fingerprint density at radius 3 is 1.40 bits per heavy atom. The average molecular weight is 709 g/mol. The van der Waals surface area contributed by atoms with Crippen LogP contribution in [0.2, 0.25) is 0 Å². The molecule has 0 radical (unpaired) electrons. The van der Waals surface area contributed by atoms with E-state index in [1.807, 2.05) is 0 Å². The molecule has 5 nitrogen and oxygen atoms in total. The Hall–Kier alpha value is -5.16. The number of hydrogen-bond acceptors (Lipinski definition) is 3. The zero-order valence-electron chi connectivity index (χ0n) is 31.8. The Labute approximate surface area is 309 Å². The fraction of sp³-hybridized carbons (Fsp3) is 0.261. The number of fused-ring (bicyclic) bond motifs is 1. The molecule has 1 aliphatic rings. The van der Waals surface area contributed by atoms with E-state index in [1.165, 1.54) is 84.0 Å². The Bertz CT molecular complexity index is 2270. The van der Waals surface area contributed by atoms with Gasteiger partial charge in [0.2, 0.25) is 0 Å². The molecule has 52 heavy (non-hydrogen) atoms. The molecule has 1 aliphatic carbocycles. The number of aryl methyl sites for hydroxylation is 4. The van der Waals surface area contributed by atoms with Crippen molar-refractivity contribution in [1.29, 1.82) is 0 Å². The van der Waals surface area contributed by atoms with E-state index >= 15 is 0 Å². The predicted octanol–water partition coefficient (Wildman–Crippen LogP) is 9.87. The molecular formula is C46H48N2O3S. The second-order valence-electron chi connectivity index (χ2n) is 14.3. The molecule has 0 saturated carbocycles. The van der Waals surface area contributed by atoms with Crippen molar-refractivity contribution in [1.82, 2.24) is 0 Å². The van der Waals surface area contributed by atoms with Gasteiger partial charge in [-0.25, -0.2) is 8.42 Å². The summed E-state index contributed by atoms with van der Waals surface area (Å²) in [4.78, 5) is 14.6. The SMILES string of the molecule is CS(=O)(=O)C1=CC(=[N+]=[N-])C(=O)c2ccccc21.Cc1ccc(Cc2c(C)c(C)cc(Cc3cc(C)c(C)c(Cc4ccc(C)cc4)c3C)c2C)cc1. The van der Waals surface area contributed by atoms with Gasteiger partial charge in [-0.2, -0.15) is 4.79 Å². The van der Waals surface area contributed by atoms with Gasteiger partial charge in [0.25, 0.3) is 5.78 Å². The second-order valence-corrected chi connectivity index (χ2v) is 16.3. The van der Waals surface area contributed by atoms with Crippen molar-refractivity contribution in [3.8, 4) is 0 Å². The van der Waals surface area contributed by atoms with E-state index in [2.05, 4.69) is 121 Å². The first-order valence-electron chi connectivity index (χ1n) is 17.6. The van der Waals surface area contributed by atoms with Crippen LogP contribution in [0.15, 0.2) is 91.0 Å². The maximum Gasteiger partial charge on any atom is 0.364 e. The standard InChI is InChI=1S/C35H40.C11H8N2O3S/c1-22-9-13-30(14-10-22)19-34-26(5)24(3)17-32(28(34)7)21-33-18-25(4)27(6)35(29(33)8)20-31-15-11-23(2)12-16-31;1-17(15,16)10-6-9(13-12)11(14)8-5-3-2-4-7(8)10/h9-18H,19-21H2,1-8H3;2-6H,1H3. The highest BCUT2D eigenvalue weighted by atomic mass is 32.2. The molecule has 5 aromatic carbocycles. The van der Waals surface area contributed by atoms with Crippen LogP contribution < -0.4 is 0 Å². The number of carbonyl (C=O) groups excluding carboxylic acids is 1. The van der Waals surface area contributed by atoms with Crippen molar-refractivity contribution in [2.45, 2.75) is 74.7 Å². The van der Waals surface area contributed by atoms with Crippen molar-refractivity contribution < 1.29 is 18.0 Å². The Kier molecular flexibility index (Phi) is 11.4. The second kappa shape index (κ2) is 15.6. The van der Waals surface area contributed by atoms with Crippen molar-refractivity contribution in [3.63, 3.8) is 0 Å². The van der Waals surface area contributed by atoms with Crippen molar-refractivity contribution >= 4 is 26.2 Å². The minimum absolute atomic E-state index is 0.0134. The number of rotatable bonds is 7. The minimum atomic E-state index is -3.49. The van der Waals surface area contributed by atoms with Crippen LogP contribution in [0.1, 0.15) is 93.8 Å². The quantitative estimate of drug-likeness (QED) is 0.125. The molecule has 0 aliphatic heterocycles. The van der Waals surface area contributed by atoms with Gasteiger partial charge in [-0.15, -0.1) is 0 Å². The lowest BCUT2D eigenvalue weighted by molar-refractivity contribution is -0.00437. The highest BCUT2D eigenvalue weighted by Gasteiger charge is 2.33. The monoisotopic (exact) mass is 708 g/mol. The number of benzene rings is 5. The highest BCUT2D eigenvalue weighted by Crippen LogP contribution is 2.31. The first-order valence-corrected chi connectivity index (χ1v) is 19.5. The van der Waals surface area contributed by atoms with Crippen LogP contribution >= 0.6 is 0 Å². The molecule has 0 unspecified atom stereocenters. The van der Waals surface area contributed by atoms with Gasteiger partial charge in [-0.1, -0.05) is 96.1 Å². The van der Waals surface area contributed by atoms with Gasteiger partial charge >= 0.3 is 5.71 Å². The van der Waals surface area contributed by atoms with Crippen molar-refractivity contribution in [2.24, 2.45) is 0 Å². The van der Waals surface area contributed by atoms with Gasteiger partial charge in [0.1, 0.15) is 0 Å². The Morgan fingerprint density at radius 1 is 0.577 bits per heavy atom. The lowest BCUT2D eigenvalue weighted by Crippen LogP contribution is -2.22. The summed E-state index contributed by atoms with van der Waals surface area (Å²) >= 11 is 0. The largest absolute Gasteiger partial charge is 0.364 e. The van der Waals surface area contributed by atoms with E-state index in [-0.39, 0.29) is 16.2 Å². The number of hydrogen-bond donors (Lipinski definition) is 0. The molecule has 0 N–H and O–H groups in total. The number of ketones is 1. The molecule has 0 aromatic heterocycles. The van der Waals surface area contributed by atoms with E-state index in [9.17, 15) is 13.2 Å². The minimum Gasteiger partial charge on any atom is -0.361 e. The van der Waals surface area contributed by atoms with Gasteiger partial charge in [-0.05, 0) is 141 Å². The number of carbonyl (C=O) groups is 1. The van der Waals surface area contributed by atoms with Crippen molar-refractivity contribution in [3.05, 3.63) is 186 Å². The first kappa shape index (κ1) is 38.1. The number of allylic oxidation sites excluding steroid dienone is 1. The molecule has 0 spiro atoms. The molecule has 0 heterocycles. The van der Waals surface area contributed by atoms with Crippen LogP contribution in [0.3, 0.4) is 0 Å². The molecule has 6 heteroatoms. The van der Waals surface area contributed by atoms with E-state index in [0.717, 1.165) is 31.6 Å². The summed E-state index contributed by atoms with van der Waals surface area (Å²) in [5.41, 5.74) is 28.9. The molecule has 0 amide bonds. The van der Waals surface area contributed by atoms with E-state index in [1.54, 1.807) is 18.2 Å². The molecule has 0 saturated heterocycles. The van der Waals surface area contributed by atoms with E-state index in [0.29, 0.717) is 5.56 Å². The van der Waals surface area contributed by atoms with Gasteiger partial charge in [-0.3, -0.25) is 4.79 Å². The first-order chi connectivity index (χ1) is 24.6. The maximum absolute atomic E-state index is 11.8. The van der Waals surface area contributed by atoms with Gasteiger partial charge in [0.15, 0.2) is 9.84 Å². The number of Topliss-reactive ketones (excluding diaryl/α,β-unsaturated/α-hetero) is 1. The molecule has 6 rings (SSSR count). The van der Waals surface area contributed by atoms with Crippen LogP contribution in [-0.2, 0) is 29.1 Å². The zero-order chi connectivity index (χ0) is 37.9. The summed E-state index contributed by atoms with van der Waals surface area (Å²) in [7, 11) is -3.49. The number of nitrogens with zero attached hydrogens (tertiary/aromatic N) is 2. The summed E-state index contributed by atoms with van der Waals surface area (Å²) in [6.07, 6.45) is 5.11. The summed E-state index contributed by atoms with van der Waals surface area (Å²) in [6, 6.07) is 29.2. The predicted molar refractivity (Wildman–Crippen MR) is 214 cm³/mol. The molecule has 0 atom stereocenters. The average Bonchev–Trinajstić information content (AvgIpc) is 3.11. The third-order valence-electron chi connectivity index (χ3n) is 10.6. The van der Waals surface area contributed by atoms with Crippen LogP contribution in [-0.4, -0.2) is 31.0 Å². The maximum atomic E-state index is 11.8. The zero-order valence-corrected chi connectivity index (χ0v) is 32.6. The van der Waals surface area contributed by atoms with E-state index < -0.39 is 15.6 Å². The lowest BCUT2D eigenvalue weighted by atomic mass is 9.84. The summed E-state index contributed by atoms with van der Waals surface area (Å²) in [5, 5.41) is 0. The van der Waals surface area contributed by atoms with Gasteiger partial charge < -0.3 is 5.53 Å². The molecule has 0 fully saturated rings. The van der Waals surface area contributed by atoms with E-state index in [4.69, 9.17) is 5.53 Å². The summed E-state index contributed by atoms with van der Waals surface area (Å²) in [5.74, 6) is -0.490. The Morgan fingerprint density at radius 2 is 1.00 bits per heavy atom. The third kappa shape index (κ3) is 8.31. The van der Waals surface area contributed by atoms with Crippen molar-refractivity contribution in [2.75, 3.05) is 6.26 Å². The molecule has 5 aromatic rings. The van der Waals surface area contributed by atoms with Crippen LogP contribution in [0.25, 0.3) is 10.4 Å². The highest BCUT2D eigenvalue weighted by molar-refractivity contribution is 8.00. The van der Waals surface area contributed by atoms with Gasteiger partial charge in [0, 0.05) is 17.4 Å². The lowest BCUT2D eigenvalue weighted by Gasteiger charge is -2.21. The summed E-state index contributed by atoms with van der Waals surface area (Å²) < 4.78 is 23.2. The van der Waals surface area contributed by atoms with Crippen LogP contribution in [0, 0.1) is 55.4 Å². The fourth-order valence-electron chi connectivity index (χ4n) is 6.99.